The van der Waals surface area contributed by atoms with Gasteiger partial charge < -0.3 is 4.74 Å². The molecule has 8 nitrogen and oxygen atoms in total. The number of carbonyl (C=O) groups is 3. The number of nitrogens with zero attached hydrogens (tertiary/aromatic N) is 3. The third-order valence-corrected chi connectivity index (χ3v) is 5.13. The average Bonchev–Trinajstić information content (AvgIpc) is 3.26. The fraction of sp³-hybridized carbons (Fsp3) is 0.211. The molecule has 0 bridgehead atoms. The molecule has 3 heterocycles. The van der Waals surface area contributed by atoms with Gasteiger partial charge in [-0.3, -0.25) is 28.5 Å². The third-order valence-electron chi connectivity index (χ3n) is 4.38. The summed E-state index contributed by atoms with van der Waals surface area (Å²) in [5, 5.41) is 1.75. The SMILES string of the molecule is O=C(CCCN1C(=O)c2ccccc2C1=O)OCc1cc(=O)n2ccsc2n1. The van der Waals surface area contributed by atoms with Crippen LogP contribution in [0.2, 0.25) is 0 Å². The first kappa shape index (κ1) is 18.1. The maximum atomic E-state index is 12.3. The molecule has 0 saturated carbocycles. The Morgan fingerprint density at radius 1 is 1.11 bits per heavy atom. The maximum absolute atomic E-state index is 12.3. The van der Waals surface area contributed by atoms with Crippen molar-refractivity contribution in [1.29, 1.82) is 0 Å². The lowest BCUT2D eigenvalue weighted by atomic mass is 10.1. The number of ether oxygens (including phenoxy) is 1. The van der Waals surface area contributed by atoms with Crippen molar-refractivity contribution in [2.45, 2.75) is 19.4 Å². The molecule has 9 heteroatoms. The largest absolute Gasteiger partial charge is 0.459 e. The van der Waals surface area contributed by atoms with Gasteiger partial charge in [-0.2, -0.15) is 0 Å². The molecule has 0 N–H and O–H groups in total. The summed E-state index contributed by atoms with van der Waals surface area (Å²) in [5.41, 5.74) is 0.914. The Hall–Kier alpha value is -3.33. The number of fused-ring (bicyclic) bond motifs is 2. The molecule has 3 aromatic rings. The fourth-order valence-corrected chi connectivity index (χ4v) is 3.75. The molecule has 0 aliphatic carbocycles. The molecule has 1 aromatic carbocycles. The van der Waals surface area contributed by atoms with E-state index in [-0.39, 0.29) is 36.9 Å². The quantitative estimate of drug-likeness (QED) is 0.465. The summed E-state index contributed by atoms with van der Waals surface area (Å²) in [6.45, 7) is 0.0394. The molecule has 0 unspecified atom stereocenters. The number of carbonyl (C=O) groups excluding carboxylic acids is 3. The minimum Gasteiger partial charge on any atom is -0.459 e. The molecule has 2 aromatic heterocycles. The van der Waals surface area contributed by atoms with Gasteiger partial charge in [0.15, 0.2) is 4.96 Å². The van der Waals surface area contributed by atoms with Crippen LogP contribution in [-0.4, -0.2) is 38.6 Å². The van der Waals surface area contributed by atoms with Crippen molar-refractivity contribution in [2.24, 2.45) is 0 Å². The standard InChI is InChI=1S/C19H15N3O5S/c23-15-10-12(20-19-21(15)8-9-28-19)11-27-16(24)6-3-7-22-17(25)13-4-1-2-5-14(13)18(22)26/h1-2,4-5,8-10H,3,6-7,11H2. The van der Waals surface area contributed by atoms with Gasteiger partial charge in [0.1, 0.15) is 6.61 Å². The third kappa shape index (κ3) is 3.31. The predicted molar refractivity (Wildman–Crippen MR) is 100 cm³/mol. The fourth-order valence-electron chi connectivity index (χ4n) is 3.01. The van der Waals surface area contributed by atoms with Crippen LogP contribution in [0, 0.1) is 0 Å². The number of amides is 2. The van der Waals surface area contributed by atoms with Crippen molar-refractivity contribution >= 4 is 34.1 Å². The zero-order valence-corrected chi connectivity index (χ0v) is 15.5. The predicted octanol–water partition coefficient (Wildman–Crippen LogP) is 1.88. The second kappa shape index (κ2) is 7.35. The normalized spacial score (nSPS) is 13.2. The van der Waals surface area contributed by atoms with Gasteiger partial charge in [-0.1, -0.05) is 12.1 Å². The first-order chi connectivity index (χ1) is 13.5. The van der Waals surface area contributed by atoms with E-state index in [9.17, 15) is 19.2 Å². The Kier molecular flexibility index (Phi) is 4.74. The Labute approximate surface area is 163 Å². The van der Waals surface area contributed by atoms with Crippen LogP contribution >= 0.6 is 11.3 Å². The Bertz CT molecular complexity index is 1110. The van der Waals surface area contributed by atoms with Crippen molar-refractivity contribution < 1.29 is 19.1 Å². The summed E-state index contributed by atoms with van der Waals surface area (Å²) in [4.78, 5) is 54.3. The van der Waals surface area contributed by atoms with E-state index in [1.165, 1.54) is 21.8 Å². The number of thiazole rings is 1. The zero-order valence-electron chi connectivity index (χ0n) is 14.7. The Balaban J connectivity index is 1.29. The molecule has 0 fully saturated rings. The summed E-state index contributed by atoms with van der Waals surface area (Å²) >= 11 is 1.32. The highest BCUT2D eigenvalue weighted by atomic mass is 32.1. The Morgan fingerprint density at radius 2 is 1.82 bits per heavy atom. The van der Waals surface area contributed by atoms with E-state index < -0.39 is 5.97 Å². The topological polar surface area (TPSA) is 98.0 Å². The van der Waals surface area contributed by atoms with Crippen molar-refractivity contribution in [2.75, 3.05) is 6.54 Å². The van der Waals surface area contributed by atoms with Gasteiger partial charge in [-0.15, -0.1) is 11.3 Å². The highest BCUT2D eigenvalue weighted by Gasteiger charge is 2.34. The summed E-state index contributed by atoms with van der Waals surface area (Å²) in [6.07, 6.45) is 1.97. The molecular formula is C19H15N3O5S. The van der Waals surface area contributed by atoms with Gasteiger partial charge in [0.05, 0.1) is 16.8 Å². The maximum Gasteiger partial charge on any atom is 0.306 e. The van der Waals surface area contributed by atoms with E-state index in [0.29, 0.717) is 28.2 Å². The van der Waals surface area contributed by atoms with Crippen LogP contribution in [0.4, 0.5) is 0 Å². The number of imide groups is 1. The lowest BCUT2D eigenvalue weighted by molar-refractivity contribution is -0.145. The van der Waals surface area contributed by atoms with Crippen LogP contribution in [0.1, 0.15) is 39.3 Å². The molecule has 1 aliphatic heterocycles. The molecule has 0 radical (unpaired) electrons. The first-order valence-electron chi connectivity index (χ1n) is 8.61. The molecule has 28 heavy (non-hydrogen) atoms. The van der Waals surface area contributed by atoms with Gasteiger partial charge in [-0.25, -0.2) is 4.98 Å². The second-order valence-electron chi connectivity index (χ2n) is 6.21. The number of rotatable bonds is 6. The summed E-state index contributed by atoms with van der Waals surface area (Å²) in [5.74, 6) is -1.17. The number of esters is 1. The lowest BCUT2D eigenvalue weighted by Crippen LogP contribution is -2.31. The number of hydrogen-bond donors (Lipinski definition) is 0. The smallest absolute Gasteiger partial charge is 0.306 e. The van der Waals surface area contributed by atoms with Crippen LogP contribution in [0.5, 0.6) is 0 Å². The average molecular weight is 397 g/mol. The highest BCUT2D eigenvalue weighted by molar-refractivity contribution is 7.15. The molecule has 0 spiro atoms. The summed E-state index contributed by atoms with van der Waals surface area (Å²) < 4.78 is 6.57. The van der Waals surface area contributed by atoms with Crippen LogP contribution in [0.25, 0.3) is 4.96 Å². The van der Waals surface area contributed by atoms with Crippen molar-refractivity contribution in [3.63, 3.8) is 0 Å². The van der Waals surface area contributed by atoms with Gasteiger partial charge >= 0.3 is 5.97 Å². The summed E-state index contributed by atoms with van der Waals surface area (Å²) in [7, 11) is 0. The van der Waals surface area contributed by atoms with Gasteiger partial charge in [0.25, 0.3) is 17.4 Å². The lowest BCUT2D eigenvalue weighted by Gasteiger charge is -2.13. The van der Waals surface area contributed by atoms with Gasteiger partial charge in [0.2, 0.25) is 0 Å². The zero-order chi connectivity index (χ0) is 19.7. The molecular weight excluding hydrogens is 382 g/mol. The van der Waals surface area contributed by atoms with Crippen LogP contribution < -0.4 is 5.56 Å². The molecule has 1 aliphatic rings. The highest BCUT2D eigenvalue weighted by Crippen LogP contribution is 2.22. The van der Waals surface area contributed by atoms with Gasteiger partial charge in [-0.05, 0) is 18.6 Å². The van der Waals surface area contributed by atoms with E-state index in [0.717, 1.165) is 4.90 Å². The van der Waals surface area contributed by atoms with Crippen molar-refractivity contribution in [3.8, 4) is 0 Å². The molecule has 0 saturated heterocycles. The first-order valence-corrected chi connectivity index (χ1v) is 9.49. The monoisotopic (exact) mass is 397 g/mol. The number of hydrogen-bond acceptors (Lipinski definition) is 7. The van der Waals surface area contributed by atoms with E-state index in [2.05, 4.69) is 4.98 Å². The number of aromatic nitrogens is 2. The van der Waals surface area contributed by atoms with E-state index in [1.807, 2.05) is 0 Å². The second-order valence-corrected chi connectivity index (χ2v) is 7.09. The van der Waals surface area contributed by atoms with Crippen molar-refractivity contribution in [1.82, 2.24) is 14.3 Å². The molecule has 2 amide bonds. The van der Waals surface area contributed by atoms with E-state index >= 15 is 0 Å². The Morgan fingerprint density at radius 3 is 2.54 bits per heavy atom. The van der Waals surface area contributed by atoms with Crippen LogP contribution in [-0.2, 0) is 16.1 Å². The minimum absolute atomic E-state index is 0.0492. The van der Waals surface area contributed by atoms with Crippen LogP contribution in [0.3, 0.4) is 0 Å². The minimum atomic E-state index is -0.482. The van der Waals surface area contributed by atoms with Gasteiger partial charge in [0, 0.05) is 30.6 Å². The van der Waals surface area contributed by atoms with Crippen LogP contribution in [0.15, 0.2) is 46.7 Å². The van der Waals surface area contributed by atoms with E-state index in [4.69, 9.17) is 4.74 Å². The molecule has 4 rings (SSSR count). The van der Waals surface area contributed by atoms with Crippen molar-refractivity contribution in [3.05, 3.63) is 69.1 Å². The van der Waals surface area contributed by atoms with E-state index in [1.54, 1.807) is 35.8 Å². The molecule has 142 valence electrons. The number of benzene rings is 1. The summed E-state index contributed by atoms with van der Waals surface area (Å²) in [6, 6.07) is 7.97. The molecule has 0 atom stereocenters.